The third-order valence-corrected chi connectivity index (χ3v) is 1.82. The van der Waals surface area contributed by atoms with E-state index in [1.165, 1.54) is 0 Å². The maximum atomic E-state index is 10.5. The van der Waals surface area contributed by atoms with Gasteiger partial charge in [0.1, 0.15) is 0 Å². The van der Waals surface area contributed by atoms with Crippen LogP contribution in [0, 0.1) is 0 Å². The van der Waals surface area contributed by atoms with Gasteiger partial charge in [-0.15, -0.1) is 0 Å². The Bertz CT molecular complexity index is 271. The smallest absolute Gasteiger partial charge is 0.189 e. The van der Waals surface area contributed by atoms with Crippen LogP contribution in [0.2, 0.25) is 0 Å². The van der Waals surface area contributed by atoms with Gasteiger partial charge in [-0.3, -0.25) is 4.57 Å². The van der Waals surface area contributed by atoms with Gasteiger partial charge in [-0.1, -0.05) is 18.2 Å². The van der Waals surface area contributed by atoms with E-state index in [2.05, 4.69) is 5.09 Å². The monoisotopic (exact) mass is 190 g/mol. The molecule has 0 amide bonds. The molecule has 0 fully saturated rings. The van der Waals surface area contributed by atoms with Gasteiger partial charge in [-0.2, -0.15) is 0 Å². The SMILES string of the molecule is O=P([O-])(Cl)Nc1ccccc1. The second-order valence-electron chi connectivity index (χ2n) is 1.96. The number of halogens is 1. The summed E-state index contributed by atoms with van der Waals surface area (Å²) in [6.07, 6.45) is 0. The summed E-state index contributed by atoms with van der Waals surface area (Å²) in [7, 11) is 0. The van der Waals surface area contributed by atoms with E-state index in [-0.39, 0.29) is 0 Å². The first-order valence-electron chi connectivity index (χ1n) is 2.92. The van der Waals surface area contributed by atoms with Crippen molar-refractivity contribution in [1.82, 2.24) is 0 Å². The van der Waals surface area contributed by atoms with Crippen molar-refractivity contribution in [3.63, 3.8) is 0 Å². The summed E-state index contributed by atoms with van der Waals surface area (Å²) in [5.41, 5.74) is 0.473. The summed E-state index contributed by atoms with van der Waals surface area (Å²) >= 11 is 4.96. The van der Waals surface area contributed by atoms with Gasteiger partial charge in [0.2, 0.25) is 0 Å². The van der Waals surface area contributed by atoms with Gasteiger partial charge in [0.25, 0.3) is 0 Å². The molecule has 1 aromatic rings. The predicted octanol–water partition coefficient (Wildman–Crippen LogP) is 1.81. The Morgan fingerprint density at radius 1 is 1.36 bits per heavy atom. The molecule has 0 aliphatic heterocycles. The van der Waals surface area contributed by atoms with Crippen LogP contribution in [0.25, 0.3) is 0 Å². The normalized spacial score (nSPS) is 15.5. The number of hydrogen-bond donors (Lipinski definition) is 1. The molecule has 1 rings (SSSR count). The molecule has 0 spiro atoms. The lowest BCUT2D eigenvalue weighted by atomic mass is 10.3. The van der Waals surface area contributed by atoms with Crippen LogP contribution in [-0.4, -0.2) is 0 Å². The molecule has 1 unspecified atom stereocenters. The first kappa shape index (κ1) is 8.60. The van der Waals surface area contributed by atoms with Crippen LogP contribution < -0.4 is 9.98 Å². The number of hydrogen-bond acceptors (Lipinski definition) is 2. The summed E-state index contributed by atoms with van der Waals surface area (Å²) < 4.78 is 10.5. The van der Waals surface area contributed by atoms with Crippen molar-refractivity contribution in [3.8, 4) is 0 Å². The quantitative estimate of drug-likeness (QED) is 0.724. The standard InChI is InChI=1S/C6H7ClNO2P/c7-11(9,10)8-6-4-2-1-3-5-6/h1-5H,(H2,8,9,10)/p-1. The molecule has 5 heteroatoms. The molecule has 60 valence electrons. The third-order valence-electron chi connectivity index (χ3n) is 1.04. The van der Waals surface area contributed by atoms with Crippen LogP contribution in [0.5, 0.6) is 0 Å². The molecule has 1 N–H and O–H groups in total. The number of para-hydroxylation sites is 1. The van der Waals surface area contributed by atoms with Gasteiger partial charge >= 0.3 is 0 Å². The third kappa shape index (κ3) is 3.42. The van der Waals surface area contributed by atoms with E-state index in [9.17, 15) is 9.46 Å². The summed E-state index contributed by atoms with van der Waals surface area (Å²) in [6.45, 7) is -3.92. The Kier molecular flexibility index (Phi) is 2.55. The van der Waals surface area contributed by atoms with Crippen molar-refractivity contribution in [2.45, 2.75) is 0 Å². The van der Waals surface area contributed by atoms with E-state index >= 15 is 0 Å². The van der Waals surface area contributed by atoms with E-state index in [1.807, 2.05) is 0 Å². The van der Waals surface area contributed by atoms with E-state index in [0.717, 1.165) is 0 Å². The Morgan fingerprint density at radius 3 is 2.36 bits per heavy atom. The van der Waals surface area contributed by atoms with Crippen molar-refractivity contribution in [2.24, 2.45) is 0 Å². The average Bonchev–Trinajstić information content (AvgIpc) is 1.85. The molecule has 0 heterocycles. The lowest BCUT2D eigenvalue weighted by Crippen LogP contribution is -2.03. The highest BCUT2D eigenvalue weighted by Gasteiger charge is 1.99. The number of rotatable bonds is 2. The van der Waals surface area contributed by atoms with Crippen molar-refractivity contribution in [1.29, 1.82) is 0 Å². The summed E-state index contributed by atoms with van der Waals surface area (Å²) in [5, 5.41) is 2.15. The van der Waals surface area contributed by atoms with Crippen LogP contribution in [0.15, 0.2) is 30.3 Å². The van der Waals surface area contributed by atoms with Gasteiger partial charge in [-0.05, 0) is 23.4 Å². The van der Waals surface area contributed by atoms with Crippen LogP contribution in [0.4, 0.5) is 5.69 Å². The van der Waals surface area contributed by atoms with Crippen LogP contribution in [0.3, 0.4) is 0 Å². The Morgan fingerprint density at radius 2 is 1.91 bits per heavy atom. The summed E-state index contributed by atoms with van der Waals surface area (Å²) in [4.78, 5) is 10.5. The molecule has 0 saturated carbocycles. The molecule has 0 aliphatic rings. The number of nitrogens with one attached hydrogen (secondary N) is 1. The minimum Gasteiger partial charge on any atom is -0.772 e. The molecule has 0 bridgehead atoms. The minimum atomic E-state index is -3.92. The van der Waals surface area contributed by atoms with E-state index < -0.39 is 6.87 Å². The first-order chi connectivity index (χ1) is 5.08. The highest BCUT2D eigenvalue weighted by molar-refractivity contribution is 7.84. The van der Waals surface area contributed by atoms with Gasteiger partial charge in [-0.25, -0.2) is 0 Å². The zero-order valence-corrected chi connectivity index (χ0v) is 7.18. The Hall–Kier alpha value is -0.500. The van der Waals surface area contributed by atoms with Gasteiger partial charge in [0.15, 0.2) is 6.87 Å². The molecule has 0 aliphatic carbocycles. The Balaban J connectivity index is 2.74. The predicted molar refractivity (Wildman–Crippen MR) is 43.5 cm³/mol. The lowest BCUT2D eigenvalue weighted by Gasteiger charge is -2.16. The molecular weight excluding hydrogens is 184 g/mol. The van der Waals surface area contributed by atoms with Crippen molar-refractivity contribution < 1.29 is 9.46 Å². The van der Waals surface area contributed by atoms with Crippen molar-refractivity contribution in [3.05, 3.63) is 30.3 Å². The highest BCUT2D eigenvalue weighted by atomic mass is 35.7. The van der Waals surface area contributed by atoms with Crippen molar-refractivity contribution in [2.75, 3.05) is 5.09 Å². The molecule has 0 aromatic heterocycles. The largest absolute Gasteiger partial charge is 0.772 e. The van der Waals surface area contributed by atoms with Gasteiger partial charge < -0.3 is 9.98 Å². The summed E-state index contributed by atoms with van der Waals surface area (Å²) in [6, 6.07) is 8.46. The van der Waals surface area contributed by atoms with Gasteiger partial charge in [0.05, 0.1) is 0 Å². The molecule has 3 nitrogen and oxygen atoms in total. The average molecular weight is 191 g/mol. The lowest BCUT2D eigenvalue weighted by molar-refractivity contribution is -0.166. The second-order valence-corrected chi connectivity index (χ2v) is 4.48. The Labute approximate surface area is 69.3 Å². The second kappa shape index (κ2) is 3.26. The van der Waals surface area contributed by atoms with E-state index in [1.54, 1.807) is 30.3 Å². The van der Waals surface area contributed by atoms with Crippen molar-refractivity contribution >= 4 is 23.8 Å². The molecule has 1 atom stereocenters. The number of anilines is 1. The van der Waals surface area contributed by atoms with E-state index in [0.29, 0.717) is 5.69 Å². The van der Waals surface area contributed by atoms with Crippen LogP contribution in [-0.2, 0) is 4.57 Å². The van der Waals surface area contributed by atoms with E-state index in [4.69, 9.17) is 11.2 Å². The highest BCUT2D eigenvalue weighted by Crippen LogP contribution is 2.40. The zero-order chi connectivity index (χ0) is 8.32. The molecular formula is C6H6ClNO2P-. The zero-order valence-electron chi connectivity index (χ0n) is 5.53. The maximum Gasteiger partial charge on any atom is 0.189 e. The summed E-state index contributed by atoms with van der Waals surface area (Å²) in [5.74, 6) is 0. The molecule has 0 radical (unpaired) electrons. The fourth-order valence-electron chi connectivity index (χ4n) is 0.667. The minimum absolute atomic E-state index is 0.473. The fourth-order valence-corrected chi connectivity index (χ4v) is 1.42. The molecule has 1 aromatic carbocycles. The fraction of sp³-hybridized carbons (Fsp3) is 0. The molecule has 11 heavy (non-hydrogen) atoms. The van der Waals surface area contributed by atoms with Gasteiger partial charge in [0, 0.05) is 5.69 Å². The van der Waals surface area contributed by atoms with Crippen LogP contribution in [0.1, 0.15) is 0 Å². The van der Waals surface area contributed by atoms with Crippen LogP contribution >= 0.6 is 18.1 Å². The first-order valence-corrected chi connectivity index (χ1v) is 5.45. The maximum absolute atomic E-state index is 10.5. The molecule has 0 saturated heterocycles. The number of benzene rings is 1. The topological polar surface area (TPSA) is 52.2 Å².